The average Bonchev–Trinajstić information content (AvgIpc) is 3.94. The molecule has 0 spiro atoms. The SMILES string of the molecule is c1ccc(-n2c3ccc(-c4cccc([Si](c5ccccc5)(c5ccccc5)c5ccc6c7ccccc7c7ccccc7c6c5)c4)cc3c3cc(-n4c5ccccc5c5ccccc54)ccc32)cc1. The molecule has 0 N–H and O–H groups in total. The summed E-state index contributed by atoms with van der Waals surface area (Å²) in [5.74, 6) is 0. The minimum atomic E-state index is -2.96. The third-order valence-electron chi connectivity index (χ3n) is 14.8. The second-order valence-corrected chi connectivity index (χ2v) is 22.2. The van der Waals surface area contributed by atoms with Crippen molar-refractivity contribution in [3.05, 3.63) is 267 Å². The maximum absolute atomic E-state index is 2.96. The summed E-state index contributed by atoms with van der Waals surface area (Å²) in [5.41, 5.74) is 9.48. The van der Waals surface area contributed by atoms with E-state index in [0.717, 1.165) is 11.4 Å². The van der Waals surface area contributed by atoms with Gasteiger partial charge in [-0.05, 0) is 119 Å². The summed E-state index contributed by atoms with van der Waals surface area (Å²) in [4.78, 5) is 0. The third kappa shape index (κ3) is 5.97. The van der Waals surface area contributed by atoms with Crippen LogP contribution in [0.5, 0.6) is 0 Å². The van der Waals surface area contributed by atoms with E-state index in [4.69, 9.17) is 0 Å². The van der Waals surface area contributed by atoms with Gasteiger partial charge in [0, 0.05) is 32.9 Å². The molecule has 69 heavy (non-hydrogen) atoms. The summed E-state index contributed by atoms with van der Waals surface area (Å²) < 4.78 is 4.86. The highest BCUT2D eigenvalue weighted by atomic mass is 28.3. The monoisotopic (exact) mass is 892 g/mol. The van der Waals surface area contributed by atoms with Crippen molar-refractivity contribution in [1.29, 1.82) is 0 Å². The van der Waals surface area contributed by atoms with Crippen LogP contribution >= 0.6 is 0 Å². The van der Waals surface area contributed by atoms with Crippen molar-refractivity contribution in [2.45, 2.75) is 0 Å². The topological polar surface area (TPSA) is 9.86 Å². The predicted molar refractivity (Wildman–Crippen MR) is 297 cm³/mol. The van der Waals surface area contributed by atoms with Gasteiger partial charge in [-0.3, -0.25) is 0 Å². The largest absolute Gasteiger partial charge is 0.309 e. The lowest BCUT2D eigenvalue weighted by Crippen LogP contribution is -2.74. The smallest absolute Gasteiger partial charge is 0.179 e. The van der Waals surface area contributed by atoms with Crippen LogP contribution in [-0.4, -0.2) is 17.2 Å². The molecule has 0 saturated carbocycles. The van der Waals surface area contributed by atoms with Crippen LogP contribution in [0.4, 0.5) is 0 Å². The molecule has 0 aliphatic rings. The zero-order valence-corrected chi connectivity index (χ0v) is 38.8. The summed E-state index contributed by atoms with van der Waals surface area (Å²) in [6.07, 6.45) is 0. The number of fused-ring (bicyclic) bond motifs is 12. The molecule has 0 saturated heterocycles. The molecule has 0 amide bonds. The number of nitrogens with zero attached hydrogens (tertiary/aromatic N) is 2. The second kappa shape index (κ2) is 15.7. The molecule has 2 aromatic heterocycles. The Bertz CT molecular complexity index is 4170. The van der Waals surface area contributed by atoms with Crippen molar-refractivity contribution in [1.82, 2.24) is 9.13 Å². The molecule has 0 bridgehead atoms. The maximum Gasteiger partial charge on any atom is 0.179 e. The van der Waals surface area contributed by atoms with Crippen LogP contribution in [0.2, 0.25) is 0 Å². The molecule has 0 radical (unpaired) electrons. The molecule has 12 aromatic carbocycles. The van der Waals surface area contributed by atoms with Crippen molar-refractivity contribution in [3.63, 3.8) is 0 Å². The molecule has 0 unspecified atom stereocenters. The first-order valence-corrected chi connectivity index (χ1v) is 25.9. The number of rotatable bonds is 7. The van der Waals surface area contributed by atoms with E-state index in [9.17, 15) is 0 Å². The quantitative estimate of drug-likeness (QED) is 0.0857. The fourth-order valence-electron chi connectivity index (χ4n) is 11.8. The summed E-state index contributed by atoms with van der Waals surface area (Å²) in [6, 6.07) is 99.8. The van der Waals surface area contributed by atoms with Crippen molar-refractivity contribution in [2.75, 3.05) is 0 Å². The fraction of sp³-hybridized carbons (Fsp3) is 0. The molecule has 0 atom stereocenters. The Hall–Kier alpha value is -8.76. The molecule has 3 heteroatoms. The van der Waals surface area contributed by atoms with Gasteiger partial charge in [0.05, 0.1) is 22.1 Å². The first-order chi connectivity index (χ1) is 34.2. The van der Waals surface area contributed by atoms with Gasteiger partial charge in [0.1, 0.15) is 0 Å². The third-order valence-corrected chi connectivity index (χ3v) is 19.6. The van der Waals surface area contributed by atoms with Gasteiger partial charge >= 0.3 is 0 Å². The summed E-state index contributed by atoms with van der Waals surface area (Å²) in [5, 5.41) is 18.1. The van der Waals surface area contributed by atoms with Gasteiger partial charge < -0.3 is 9.13 Å². The lowest BCUT2D eigenvalue weighted by atomic mass is 9.94. The van der Waals surface area contributed by atoms with E-state index in [0.29, 0.717) is 0 Å². The minimum Gasteiger partial charge on any atom is -0.309 e. The van der Waals surface area contributed by atoms with Crippen LogP contribution in [0.15, 0.2) is 267 Å². The van der Waals surface area contributed by atoms with Gasteiger partial charge in [-0.1, -0.05) is 212 Å². The van der Waals surface area contributed by atoms with E-state index < -0.39 is 8.07 Å². The Morgan fingerprint density at radius 3 is 1.23 bits per heavy atom. The van der Waals surface area contributed by atoms with E-state index in [-0.39, 0.29) is 0 Å². The molecule has 2 nitrogen and oxygen atoms in total. The number of hydrogen-bond donors (Lipinski definition) is 0. The van der Waals surface area contributed by atoms with E-state index in [2.05, 4.69) is 276 Å². The maximum atomic E-state index is 2.54. The first kappa shape index (κ1) is 39.4. The van der Waals surface area contributed by atoms with Gasteiger partial charge in [0.15, 0.2) is 8.07 Å². The standard InChI is InChI=1S/C66H44N2Si/c1-4-20-47(21-5-1)67-65-39-35-46(42-61(65)62-43-48(36-40-66(62)67)68-63-33-16-14-31-58(63)59-32-15-17-34-64(59)68)45-19-18-26-51(41-45)69(49-22-6-2-7-23-49,50-24-8-3-9-25-50)52-37-38-57-55-29-11-10-27-53(55)54-28-12-13-30-56(54)60(57)44-52/h1-44H. The Morgan fingerprint density at radius 2 is 0.623 bits per heavy atom. The fourth-order valence-corrected chi connectivity index (χ4v) is 16.6. The molecule has 0 fully saturated rings. The highest BCUT2D eigenvalue weighted by Gasteiger charge is 2.42. The molecule has 0 aliphatic heterocycles. The molecule has 14 aromatic rings. The summed E-state index contributed by atoms with van der Waals surface area (Å²) >= 11 is 0. The van der Waals surface area contributed by atoms with E-state index in [1.807, 2.05) is 0 Å². The Balaban J connectivity index is 1.01. The Kier molecular flexibility index (Phi) is 8.95. The molecular formula is C66H44N2Si. The van der Waals surface area contributed by atoms with E-state index >= 15 is 0 Å². The molecule has 14 rings (SSSR count). The molecule has 0 aliphatic carbocycles. The predicted octanol–water partition coefficient (Wildman–Crippen LogP) is 14.4. The summed E-state index contributed by atoms with van der Waals surface area (Å²) in [7, 11) is -2.96. The van der Waals surface area contributed by atoms with Crippen LogP contribution in [-0.2, 0) is 0 Å². The van der Waals surface area contributed by atoms with Gasteiger partial charge in [-0.2, -0.15) is 0 Å². The minimum absolute atomic E-state index is 1.15. The average molecular weight is 893 g/mol. The number of aromatic nitrogens is 2. The van der Waals surface area contributed by atoms with Crippen LogP contribution in [0.25, 0.3) is 98.4 Å². The molecule has 2 heterocycles. The Morgan fingerprint density at radius 1 is 0.203 bits per heavy atom. The number of hydrogen-bond acceptors (Lipinski definition) is 0. The first-order valence-electron chi connectivity index (χ1n) is 23.9. The second-order valence-electron chi connectivity index (χ2n) is 18.4. The van der Waals surface area contributed by atoms with Crippen molar-refractivity contribution < 1.29 is 0 Å². The van der Waals surface area contributed by atoms with Crippen molar-refractivity contribution in [3.8, 4) is 22.5 Å². The highest BCUT2D eigenvalue weighted by molar-refractivity contribution is 7.20. The zero-order valence-electron chi connectivity index (χ0n) is 37.8. The van der Waals surface area contributed by atoms with Crippen molar-refractivity contribution in [2.24, 2.45) is 0 Å². The molecule has 322 valence electrons. The van der Waals surface area contributed by atoms with Crippen LogP contribution in [0, 0.1) is 0 Å². The van der Waals surface area contributed by atoms with Crippen LogP contribution in [0.3, 0.4) is 0 Å². The van der Waals surface area contributed by atoms with E-state index in [1.165, 1.54) is 108 Å². The van der Waals surface area contributed by atoms with Crippen molar-refractivity contribution >= 4 is 105 Å². The van der Waals surface area contributed by atoms with Gasteiger partial charge in [0.25, 0.3) is 0 Å². The number of para-hydroxylation sites is 3. The number of benzene rings is 12. The zero-order chi connectivity index (χ0) is 45.5. The normalized spacial score (nSPS) is 12.1. The van der Waals surface area contributed by atoms with E-state index in [1.54, 1.807) is 0 Å². The van der Waals surface area contributed by atoms with Gasteiger partial charge in [0.2, 0.25) is 0 Å². The summed E-state index contributed by atoms with van der Waals surface area (Å²) in [6.45, 7) is 0. The van der Waals surface area contributed by atoms with Gasteiger partial charge in [-0.15, -0.1) is 0 Å². The van der Waals surface area contributed by atoms with Crippen LogP contribution in [0.1, 0.15) is 0 Å². The highest BCUT2D eigenvalue weighted by Crippen LogP contribution is 2.39. The lowest BCUT2D eigenvalue weighted by molar-refractivity contribution is 1.17. The lowest BCUT2D eigenvalue weighted by Gasteiger charge is -2.35. The van der Waals surface area contributed by atoms with Gasteiger partial charge in [-0.25, -0.2) is 0 Å². The molecular weight excluding hydrogens is 849 g/mol. The van der Waals surface area contributed by atoms with Crippen LogP contribution < -0.4 is 20.7 Å². The Labute approximate surface area is 401 Å².